The fourth-order valence-electron chi connectivity index (χ4n) is 5.63. The number of ether oxygens (including phenoxy) is 4. The number of nitrogens with one attached hydrogen (secondary N) is 1. The zero-order valence-electron chi connectivity index (χ0n) is 19.9. The number of carbonyl (C=O) groups excluding carboxylic acids is 1. The molecule has 0 radical (unpaired) electrons. The highest BCUT2D eigenvalue weighted by Crippen LogP contribution is 2.46. The predicted molar refractivity (Wildman–Crippen MR) is 131 cm³/mol. The monoisotopic (exact) mass is 476 g/mol. The summed E-state index contributed by atoms with van der Waals surface area (Å²) in [6.07, 6.45) is 5.74. The van der Waals surface area contributed by atoms with Gasteiger partial charge in [0, 0.05) is 29.1 Å². The van der Waals surface area contributed by atoms with Crippen LogP contribution in [-0.4, -0.2) is 43.9 Å². The maximum atomic E-state index is 13.8. The van der Waals surface area contributed by atoms with Crippen molar-refractivity contribution < 1.29 is 23.7 Å². The zero-order chi connectivity index (χ0) is 24.1. The number of carbonyl (C=O) groups is 1. The van der Waals surface area contributed by atoms with E-state index in [9.17, 15) is 9.59 Å². The summed E-state index contributed by atoms with van der Waals surface area (Å²) in [7, 11) is 3.07. The second kappa shape index (κ2) is 8.61. The molecule has 3 aliphatic rings. The van der Waals surface area contributed by atoms with Crippen LogP contribution in [0.25, 0.3) is 22.0 Å². The Bertz CT molecular complexity index is 1400. The van der Waals surface area contributed by atoms with Crippen LogP contribution in [0, 0.1) is 0 Å². The Balaban J connectivity index is 1.50. The Morgan fingerprint density at radius 2 is 1.60 bits per heavy atom. The van der Waals surface area contributed by atoms with Gasteiger partial charge in [0.05, 0.1) is 30.9 Å². The van der Waals surface area contributed by atoms with Crippen LogP contribution in [0.15, 0.2) is 29.1 Å². The Labute approximate surface area is 202 Å². The molecule has 2 aromatic carbocycles. The van der Waals surface area contributed by atoms with E-state index in [4.69, 9.17) is 18.9 Å². The summed E-state index contributed by atoms with van der Waals surface area (Å²) in [5, 5.41) is 4.61. The van der Waals surface area contributed by atoms with Crippen molar-refractivity contribution in [3.8, 4) is 34.3 Å². The molecule has 2 heterocycles. The van der Waals surface area contributed by atoms with Crippen molar-refractivity contribution in [2.24, 2.45) is 0 Å². The molecule has 8 heteroatoms. The molecule has 2 aliphatic carbocycles. The summed E-state index contributed by atoms with van der Waals surface area (Å²) in [5.41, 5.74) is 2.20. The van der Waals surface area contributed by atoms with Gasteiger partial charge in [-0.3, -0.25) is 9.59 Å². The third-order valence-corrected chi connectivity index (χ3v) is 7.36. The lowest BCUT2D eigenvalue weighted by atomic mass is 10.0. The van der Waals surface area contributed by atoms with Gasteiger partial charge in [-0.1, -0.05) is 12.8 Å². The molecule has 182 valence electrons. The van der Waals surface area contributed by atoms with Crippen molar-refractivity contribution >= 4 is 16.6 Å². The number of methoxy groups -OCH3 is 2. The number of fused-ring (bicyclic) bond motifs is 6. The molecule has 1 fully saturated rings. The molecule has 0 spiro atoms. The van der Waals surface area contributed by atoms with E-state index in [2.05, 4.69) is 5.32 Å². The Morgan fingerprint density at radius 1 is 0.943 bits per heavy atom. The fourth-order valence-corrected chi connectivity index (χ4v) is 5.63. The largest absolute Gasteiger partial charge is 0.493 e. The molecule has 0 unspecified atom stereocenters. The molecule has 3 aromatic rings. The lowest BCUT2D eigenvalue weighted by molar-refractivity contribution is 0.104. The van der Waals surface area contributed by atoms with Gasteiger partial charge in [0.1, 0.15) is 0 Å². The first-order valence-electron chi connectivity index (χ1n) is 12.2. The highest BCUT2D eigenvalue weighted by molar-refractivity contribution is 6.27. The molecule has 0 atom stereocenters. The number of pyridine rings is 1. The number of hydrogen-bond acceptors (Lipinski definition) is 7. The third-order valence-electron chi connectivity index (χ3n) is 7.36. The van der Waals surface area contributed by atoms with Crippen molar-refractivity contribution in [3.63, 3.8) is 0 Å². The minimum Gasteiger partial charge on any atom is -0.493 e. The fraction of sp³-hybridized carbons (Fsp3) is 0.407. The Kier molecular flexibility index (Phi) is 5.40. The van der Waals surface area contributed by atoms with Gasteiger partial charge in [-0.25, -0.2) is 0 Å². The topological polar surface area (TPSA) is 88.0 Å². The van der Waals surface area contributed by atoms with Crippen molar-refractivity contribution in [2.75, 3.05) is 27.6 Å². The number of rotatable bonds is 7. The molecular formula is C27H28N2O6. The quantitative estimate of drug-likeness (QED) is 0.405. The van der Waals surface area contributed by atoms with E-state index < -0.39 is 0 Å². The zero-order valence-corrected chi connectivity index (χ0v) is 19.9. The molecular weight excluding hydrogens is 448 g/mol. The Hall–Kier alpha value is -3.52. The molecule has 6 rings (SSSR count). The molecule has 1 aromatic heterocycles. The SMILES string of the molecule is COc1cc2c3c(n(CCCNC4CCCC4)c(=O)c2cc1OC)-c1cc2c(cc1C3=O)OCO2. The standard InChI is InChI=1S/C27H28N2O6/c1-32-20-10-16-19(13-21(20)33-2)27(31)29(9-5-8-28-15-6-3-4-7-15)25-17-11-22-23(35-14-34-22)12-18(17)26(30)24(16)25/h10-13,15,28H,3-9,14H2,1-2H3. The van der Waals surface area contributed by atoms with Crippen LogP contribution in [0.5, 0.6) is 23.0 Å². The van der Waals surface area contributed by atoms with Crippen LogP contribution in [0.1, 0.15) is 48.0 Å². The number of benzene rings is 2. The summed E-state index contributed by atoms with van der Waals surface area (Å²) in [6, 6.07) is 7.51. The first-order chi connectivity index (χ1) is 17.1. The van der Waals surface area contributed by atoms with Crippen LogP contribution in [0.2, 0.25) is 0 Å². The van der Waals surface area contributed by atoms with Gasteiger partial charge in [0.2, 0.25) is 6.79 Å². The van der Waals surface area contributed by atoms with Gasteiger partial charge in [-0.15, -0.1) is 0 Å². The lowest BCUT2D eigenvalue weighted by Crippen LogP contribution is -2.29. The molecule has 1 N–H and O–H groups in total. The van der Waals surface area contributed by atoms with E-state index >= 15 is 0 Å². The minimum absolute atomic E-state index is 0.119. The lowest BCUT2D eigenvalue weighted by Gasteiger charge is -2.18. The van der Waals surface area contributed by atoms with Crippen molar-refractivity contribution in [1.82, 2.24) is 9.88 Å². The van der Waals surface area contributed by atoms with Gasteiger partial charge in [-0.05, 0) is 50.1 Å². The average Bonchev–Trinajstić information content (AvgIpc) is 3.62. The maximum absolute atomic E-state index is 13.8. The third kappa shape index (κ3) is 3.46. The summed E-state index contributed by atoms with van der Waals surface area (Å²) in [4.78, 5) is 27.6. The van der Waals surface area contributed by atoms with Crippen molar-refractivity contribution in [1.29, 1.82) is 0 Å². The van der Waals surface area contributed by atoms with E-state index in [1.807, 2.05) is 6.07 Å². The highest BCUT2D eigenvalue weighted by atomic mass is 16.7. The minimum atomic E-state index is -0.154. The first kappa shape index (κ1) is 22.0. The van der Waals surface area contributed by atoms with Crippen LogP contribution in [0.4, 0.5) is 0 Å². The molecule has 1 aliphatic heterocycles. The summed E-state index contributed by atoms with van der Waals surface area (Å²) in [5.74, 6) is 1.92. The van der Waals surface area contributed by atoms with Gasteiger partial charge >= 0.3 is 0 Å². The highest BCUT2D eigenvalue weighted by Gasteiger charge is 2.35. The Morgan fingerprint density at radius 3 is 2.29 bits per heavy atom. The average molecular weight is 477 g/mol. The van der Waals surface area contributed by atoms with Crippen molar-refractivity contribution in [3.05, 3.63) is 45.7 Å². The first-order valence-corrected chi connectivity index (χ1v) is 12.2. The van der Waals surface area contributed by atoms with Gasteiger partial charge < -0.3 is 28.8 Å². The maximum Gasteiger partial charge on any atom is 0.259 e. The smallest absolute Gasteiger partial charge is 0.259 e. The second-order valence-electron chi connectivity index (χ2n) is 9.30. The van der Waals surface area contributed by atoms with Crippen LogP contribution < -0.4 is 29.8 Å². The predicted octanol–water partition coefficient (Wildman–Crippen LogP) is 3.88. The van der Waals surface area contributed by atoms with E-state index in [0.717, 1.165) is 13.0 Å². The van der Waals surface area contributed by atoms with E-state index in [1.54, 1.807) is 22.8 Å². The van der Waals surface area contributed by atoms with Crippen LogP contribution in [0.3, 0.4) is 0 Å². The molecule has 0 amide bonds. The second-order valence-corrected chi connectivity index (χ2v) is 9.30. The number of ketones is 1. The van der Waals surface area contributed by atoms with Gasteiger partial charge in [-0.2, -0.15) is 0 Å². The van der Waals surface area contributed by atoms with Gasteiger partial charge in [0.25, 0.3) is 5.56 Å². The molecule has 35 heavy (non-hydrogen) atoms. The normalized spacial score (nSPS) is 16.1. The molecule has 0 bridgehead atoms. The number of aromatic nitrogens is 1. The molecule has 8 nitrogen and oxygen atoms in total. The van der Waals surface area contributed by atoms with E-state index in [0.29, 0.717) is 68.7 Å². The summed E-state index contributed by atoms with van der Waals surface area (Å²) >= 11 is 0. The number of hydrogen-bond donors (Lipinski definition) is 1. The van der Waals surface area contributed by atoms with Crippen LogP contribution in [-0.2, 0) is 6.54 Å². The van der Waals surface area contributed by atoms with Gasteiger partial charge in [0.15, 0.2) is 28.8 Å². The summed E-state index contributed by atoms with van der Waals surface area (Å²) in [6.45, 7) is 1.43. The van der Waals surface area contributed by atoms with Crippen molar-refractivity contribution in [2.45, 2.75) is 44.7 Å². The summed E-state index contributed by atoms with van der Waals surface area (Å²) < 4.78 is 23.8. The number of nitrogens with zero attached hydrogens (tertiary/aromatic N) is 1. The van der Waals surface area contributed by atoms with E-state index in [-0.39, 0.29) is 18.1 Å². The van der Waals surface area contributed by atoms with Crippen LogP contribution >= 0.6 is 0 Å². The molecule has 0 saturated heterocycles. The molecule has 1 saturated carbocycles. The van der Waals surface area contributed by atoms with E-state index in [1.165, 1.54) is 39.9 Å².